The monoisotopic (exact) mass is 571 g/mol. The first-order valence-corrected chi connectivity index (χ1v) is 10.7. The number of nitrogens with zero attached hydrogens (tertiary/aromatic N) is 2. The first-order valence-electron chi connectivity index (χ1n) is 12.2. The number of nitrogens with one attached hydrogen (secondary N) is 1. The van der Waals surface area contributed by atoms with Gasteiger partial charge in [0.1, 0.15) is 17.3 Å². The number of carbonyl (C=O) groups excluding carboxylic acids is 3. The Balaban J connectivity index is 2.36. The average molecular weight is 571 g/mol. The smallest absolute Gasteiger partial charge is 0.471 e. The van der Waals surface area contributed by atoms with Crippen molar-refractivity contribution in [3.8, 4) is 5.75 Å². The van der Waals surface area contributed by atoms with Crippen LogP contribution in [0.25, 0.3) is 0 Å². The Hall–Kier alpha value is -3.98. The third-order valence-corrected chi connectivity index (χ3v) is 6.67. The van der Waals surface area contributed by atoms with E-state index in [0.717, 1.165) is 18.3 Å². The van der Waals surface area contributed by atoms with Crippen LogP contribution in [0.4, 0.5) is 40.8 Å². The summed E-state index contributed by atoms with van der Waals surface area (Å²) in [6.07, 6.45) is -10.7. The number of carbonyl (C=O) groups is 3. The van der Waals surface area contributed by atoms with Gasteiger partial charge in [0, 0.05) is 23.4 Å². The highest BCUT2D eigenvalue weighted by molar-refractivity contribution is 6.00. The Morgan fingerprint density at radius 1 is 1.15 bits per heavy atom. The number of ether oxygens (including phenoxy) is 1. The highest BCUT2D eigenvalue weighted by Crippen LogP contribution is 2.57. The number of primary amides is 1. The van der Waals surface area contributed by atoms with Crippen molar-refractivity contribution in [3.63, 3.8) is 0 Å². The van der Waals surface area contributed by atoms with Crippen molar-refractivity contribution >= 4 is 23.4 Å². The minimum absolute atomic E-state index is 0.198. The fraction of sp³-hybridized carbons (Fsp3) is 0.391. The van der Waals surface area contributed by atoms with Crippen molar-refractivity contribution in [1.29, 1.82) is 0 Å². The van der Waals surface area contributed by atoms with Gasteiger partial charge in [-0.25, -0.2) is 4.39 Å². The van der Waals surface area contributed by atoms with Gasteiger partial charge in [0.15, 0.2) is 11.6 Å². The average Bonchev–Trinajstić information content (AvgIpc) is 3.08. The number of aromatic nitrogens is 1. The van der Waals surface area contributed by atoms with Gasteiger partial charge in [-0.3, -0.25) is 19.4 Å². The summed E-state index contributed by atoms with van der Waals surface area (Å²) >= 11 is 0. The van der Waals surface area contributed by atoms with Crippen LogP contribution in [0.2, 0.25) is 0 Å². The molecule has 3 amide bonds. The molecule has 3 N–H and O–H groups in total. The van der Waals surface area contributed by atoms with Crippen molar-refractivity contribution in [2.75, 3.05) is 12.4 Å². The van der Waals surface area contributed by atoms with Crippen LogP contribution < -0.4 is 15.8 Å². The molecule has 4 atom stereocenters. The molecule has 1 aliphatic heterocycles. The normalized spacial score (nSPS) is 24.9. The van der Waals surface area contributed by atoms with Crippen molar-refractivity contribution in [2.24, 2.45) is 11.7 Å². The predicted molar refractivity (Wildman–Crippen MR) is 117 cm³/mol. The molecule has 2 heterocycles. The predicted octanol–water partition coefficient (Wildman–Crippen LogP) is 3.92. The topological polar surface area (TPSA) is 115 Å². The molecule has 2 aromatic rings. The van der Waals surface area contributed by atoms with E-state index in [-0.39, 0.29) is 6.92 Å². The molecule has 0 unspecified atom stereocenters. The summed E-state index contributed by atoms with van der Waals surface area (Å²) in [5, 5.41) is 1.98. The SMILES string of the molecule is [2H]C([2H])([2H])Oc1c([C@H]2[C@H](C(=O)Nc3ccnc(C(N)=O)c3)N(C(=O)C(F)(F)F)[C@@](C)(C(F)(F)F)[C@H]2C)ccc(F)c1F. The van der Waals surface area contributed by atoms with Gasteiger partial charge in [-0.05, 0) is 31.0 Å². The van der Waals surface area contributed by atoms with Crippen LogP contribution in [0.15, 0.2) is 30.5 Å². The number of nitrogens with two attached hydrogens (primary N) is 1. The van der Waals surface area contributed by atoms with Gasteiger partial charge in [0.2, 0.25) is 11.7 Å². The van der Waals surface area contributed by atoms with E-state index in [0.29, 0.717) is 19.1 Å². The van der Waals surface area contributed by atoms with E-state index < -0.39 is 99.8 Å². The third kappa shape index (κ3) is 4.94. The number of halogens is 8. The van der Waals surface area contributed by atoms with E-state index in [4.69, 9.17) is 9.85 Å². The Labute approximate surface area is 219 Å². The summed E-state index contributed by atoms with van der Waals surface area (Å²) in [4.78, 5) is 40.4. The standard InChI is InChI=1S/C23H20F8N4O4/c1-9-14(11-4-5-12(24)15(25)17(11)39-3)16(19(37)34-10-6-7-33-13(8-10)18(32)36)35(20(38)22(26,27)28)21(9,2)23(29,30)31/h4-9,14,16H,1-3H3,(H2,32,36)(H,33,34,37)/t9-,14-,16+,21+/m0/s1/i3D3. The van der Waals surface area contributed by atoms with E-state index in [1.165, 1.54) is 0 Å². The third-order valence-electron chi connectivity index (χ3n) is 6.67. The first kappa shape index (κ1) is 25.3. The van der Waals surface area contributed by atoms with E-state index in [9.17, 15) is 49.5 Å². The van der Waals surface area contributed by atoms with Gasteiger partial charge >= 0.3 is 18.3 Å². The summed E-state index contributed by atoms with van der Waals surface area (Å²) in [5.74, 6) is -15.7. The largest absolute Gasteiger partial charge is 0.493 e. The van der Waals surface area contributed by atoms with Crippen LogP contribution in [0, 0.1) is 17.6 Å². The van der Waals surface area contributed by atoms with E-state index in [1.54, 1.807) is 0 Å². The maximum absolute atomic E-state index is 14.9. The number of benzene rings is 1. The number of alkyl halides is 6. The van der Waals surface area contributed by atoms with Gasteiger partial charge in [-0.2, -0.15) is 30.7 Å². The van der Waals surface area contributed by atoms with Crippen molar-refractivity contribution in [3.05, 3.63) is 53.4 Å². The van der Waals surface area contributed by atoms with Crippen LogP contribution >= 0.6 is 0 Å². The summed E-state index contributed by atoms with van der Waals surface area (Å²) in [6.45, 7) is 0.892. The Kier molecular flexibility index (Phi) is 6.46. The van der Waals surface area contributed by atoms with Gasteiger partial charge in [0.25, 0.3) is 5.91 Å². The Morgan fingerprint density at radius 3 is 2.33 bits per heavy atom. The van der Waals surface area contributed by atoms with Crippen LogP contribution in [0.1, 0.15) is 39.9 Å². The molecule has 1 aromatic heterocycles. The molecule has 0 bridgehead atoms. The molecule has 0 spiro atoms. The lowest BCUT2D eigenvalue weighted by Crippen LogP contribution is -2.63. The number of methoxy groups -OCH3 is 1. The maximum Gasteiger partial charge on any atom is 0.471 e. The summed E-state index contributed by atoms with van der Waals surface area (Å²) in [6, 6.07) is -0.101. The molecular weight excluding hydrogens is 548 g/mol. The molecule has 8 nitrogen and oxygen atoms in total. The maximum atomic E-state index is 14.9. The fourth-order valence-corrected chi connectivity index (χ4v) is 4.65. The quantitative estimate of drug-likeness (QED) is 0.529. The number of likely N-dealkylation sites (tertiary alicyclic amines) is 1. The lowest BCUT2D eigenvalue weighted by Gasteiger charge is -2.41. The molecule has 16 heteroatoms. The Morgan fingerprint density at radius 2 is 1.79 bits per heavy atom. The van der Waals surface area contributed by atoms with Crippen molar-refractivity contribution in [2.45, 2.75) is 43.7 Å². The van der Waals surface area contributed by atoms with Crippen LogP contribution in [-0.2, 0) is 9.59 Å². The highest BCUT2D eigenvalue weighted by atomic mass is 19.4. The first-order chi connectivity index (χ1) is 19.0. The van der Waals surface area contributed by atoms with E-state index in [1.807, 2.05) is 5.32 Å². The summed E-state index contributed by atoms with van der Waals surface area (Å²) < 4.78 is 140. The molecule has 39 heavy (non-hydrogen) atoms. The molecular formula is C23H20F8N4O4. The molecule has 0 aliphatic carbocycles. The Bertz CT molecular complexity index is 1420. The minimum atomic E-state index is -5.97. The number of pyridine rings is 1. The number of hydrogen-bond donors (Lipinski definition) is 2. The van der Waals surface area contributed by atoms with Crippen LogP contribution in [0.5, 0.6) is 5.75 Å². The lowest BCUT2D eigenvalue weighted by molar-refractivity contribution is -0.243. The summed E-state index contributed by atoms with van der Waals surface area (Å²) in [7, 11) is -3.54. The second-order valence-electron chi connectivity index (χ2n) is 8.74. The van der Waals surface area contributed by atoms with Crippen LogP contribution in [-0.4, -0.2) is 58.6 Å². The molecule has 1 fully saturated rings. The molecule has 212 valence electrons. The summed E-state index contributed by atoms with van der Waals surface area (Å²) in [5.41, 5.74) is -0.512. The molecule has 1 saturated heterocycles. The minimum Gasteiger partial charge on any atom is -0.493 e. The number of rotatable bonds is 5. The zero-order valence-corrected chi connectivity index (χ0v) is 19.7. The van der Waals surface area contributed by atoms with Crippen molar-refractivity contribution in [1.82, 2.24) is 9.88 Å². The zero-order chi connectivity index (χ0) is 32.2. The number of anilines is 1. The van der Waals surface area contributed by atoms with Gasteiger partial charge in [0.05, 0.1) is 11.2 Å². The molecule has 1 aliphatic rings. The molecule has 0 radical (unpaired) electrons. The molecule has 3 rings (SSSR count). The lowest BCUT2D eigenvalue weighted by atomic mass is 9.76. The van der Waals surface area contributed by atoms with Gasteiger partial charge < -0.3 is 20.7 Å². The van der Waals surface area contributed by atoms with Crippen LogP contribution in [0.3, 0.4) is 0 Å². The van der Waals surface area contributed by atoms with Gasteiger partial charge in [-0.15, -0.1) is 0 Å². The molecule has 1 aromatic carbocycles. The van der Waals surface area contributed by atoms with E-state index >= 15 is 0 Å². The highest BCUT2D eigenvalue weighted by Gasteiger charge is 2.72. The van der Waals surface area contributed by atoms with Crippen molar-refractivity contribution < 1.29 is 58.4 Å². The second kappa shape index (κ2) is 9.96. The number of hydrogen-bond acceptors (Lipinski definition) is 5. The molecule has 0 saturated carbocycles. The van der Waals surface area contributed by atoms with Gasteiger partial charge in [-0.1, -0.05) is 13.0 Å². The zero-order valence-electron chi connectivity index (χ0n) is 22.7. The number of amides is 3. The van der Waals surface area contributed by atoms with E-state index in [2.05, 4.69) is 9.72 Å². The second-order valence-corrected chi connectivity index (χ2v) is 8.74. The fourth-order valence-electron chi connectivity index (χ4n) is 4.65.